The molecule has 10 rings (SSSR count). The van der Waals surface area contributed by atoms with Gasteiger partial charge in [-0.25, -0.2) is 0 Å². The predicted molar refractivity (Wildman–Crippen MR) is 224 cm³/mol. The van der Waals surface area contributed by atoms with Crippen molar-refractivity contribution < 1.29 is 4.42 Å². The molecule has 1 aromatic heterocycles. The van der Waals surface area contributed by atoms with Crippen LogP contribution in [0.1, 0.15) is 0 Å². The van der Waals surface area contributed by atoms with Crippen molar-refractivity contribution in [2.24, 2.45) is 0 Å². The molecule has 53 heavy (non-hydrogen) atoms. The van der Waals surface area contributed by atoms with Crippen molar-refractivity contribution in [3.05, 3.63) is 206 Å². The highest BCUT2D eigenvalue weighted by atomic mass is 16.3. The van der Waals surface area contributed by atoms with E-state index in [1.807, 2.05) is 0 Å². The summed E-state index contributed by atoms with van der Waals surface area (Å²) in [5, 5.41) is 6.97. The first-order valence-electron chi connectivity index (χ1n) is 18.0. The summed E-state index contributed by atoms with van der Waals surface area (Å²) >= 11 is 0. The number of nitrogens with zero attached hydrogens (tertiary/aromatic N) is 2. The van der Waals surface area contributed by atoms with Crippen LogP contribution in [0.2, 0.25) is 0 Å². The maximum absolute atomic E-state index is 6.90. The van der Waals surface area contributed by atoms with E-state index in [1.54, 1.807) is 0 Å². The van der Waals surface area contributed by atoms with Crippen molar-refractivity contribution >= 4 is 77.6 Å². The van der Waals surface area contributed by atoms with Crippen LogP contribution in [0.25, 0.3) is 54.6 Å². The maximum atomic E-state index is 6.90. The summed E-state index contributed by atoms with van der Waals surface area (Å²) in [5.41, 5.74) is 10.3. The van der Waals surface area contributed by atoms with Gasteiger partial charge >= 0.3 is 0 Å². The lowest BCUT2D eigenvalue weighted by molar-refractivity contribution is 0.669. The molecule has 1 heterocycles. The summed E-state index contributed by atoms with van der Waals surface area (Å²) < 4.78 is 6.90. The monoisotopic (exact) mass is 678 g/mol. The van der Waals surface area contributed by atoms with Crippen LogP contribution in [-0.4, -0.2) is 0 Å². The minimum atomic E-state index is 0.824. The van der Waals surface area contributed by atoms with Crippen molar-refractivity contribution in [3.8, 4) is 11.1 Å². The van der Waals surface area contributed by atoms with Gasteiger partial charge in [0, 0.05) is 34.1 Å². The molecule has 0 bridgehead atoms. The van der Waals surface area contributed by atoms with Gasteiger partial charge in [0.1, 0.15) is 11.2 Å². The molecule has 0 amide bonds. The van der Waals surface area contributed by atoms with E-state index in [9.17, 15) is 0 Å². The third-order valence-corrected chi connectivity index (χ3v) is 10.2. The van der Waals surface area contributed by atoms with Gasteiger partial charge in [0.25, 0.3) is 0 Å². The number of rotatable bonds is 7. The van der Waals surface area contributed by atoms with E-state index in [1.165, 1.54) is 21.5 Å². The maximum Gasteiger partial charge on any atom is 0.139 e. The Kier molecular flexibility index (Phi) is 7.47. The number of hydrogen-bond donors (Lipinski definition) is 0. The Morgan fingerprint density at radius 2 is 0.868 bits per heavy atom. The van der Waals surface area contributed by atoms with Gasteiger partial charge in [0.05, 0.1) is 22.4 Å². The second-order valence-corrected chi connectivity index (χ2v) is 13.4. The second-order valence-electron chi connectivity index (χ2n) is 13.4. The van der Waals surface area contributed by atoms with Crippen LogP contribution in [0.3, 0.4) is 0 Å². The molecular formula is C50H34N2O. The van der Waals surface area contributed by atoms with Crippen LogP contribution in [0.5, 0.6) is 0 Å². The number of anilines is 6. The van der Waals surface area contributed by atoms with Gasteiger partial charge in [-0.1, -0.05) is 140 Å². The molecule has 0 atom stereocenters. The molecule has 0 spiro atoms. The van der Waals surface area contributed by atoms with Gasteiger partial charge in [-0.15, -0.1) is 0 Å². The van der Waals surface area contributed by atoms with E-state index < -0.39 is 0 Å². The highest BCUT2D eigenvalue weighted by molar-refractivity contribution is 6.24. The summed E-state index contributed by atoms with van der Waals surface area (Å²) in [6.07, 6.45) is 0. The van der Waals surface area contributed by atoms with Crippen molar-refractivity contribution in [2.75, 3.05) is 9.80 Å². The Morgan fingerprint density at radius 3 is 1.57 bits per heavy atom. The van der Waals surface area contributed by atoms with E-state index in [0.29, 0.717) is 0 Å². The summed E-state index contributed by atoms with van der Waals surface area (Å²) in [6.45, 7) is 0. The summed E-state index contributed by atoms with van der Waals surface area (Å²) in [7, 11) is 0. The first-order chi connectivity index (χ1) is 26.3. The zero-order valence-corrected chi connectivity index (χ0v) is 28.9. The van der Waals surface area contributed by atoms with Gasteiger partial charge in [-0.3, -0.25) is 0 Å². The molecule has 10 aromatic rings. The minimum absolute atomic E-state index is 0.824. The molecule has 3 nitrogen and oxygen atoms in total. The number of para-hydroxylation sites is 4. The normalized spacial score (nSPS) is 11.4. The molecule has 250 valence electrons. The van der Waals surface area contributed by atoms with E-state index in [4.69, 9.17) is 4.42 Å². The third-order valence-electron chi connectivity index (χ3n) is 10.2. The Morgan fingerprint density at radius 1 is 0.321 bits per heavy atom. The molecule has 0 unspecified atom stereocenters. The van der Waals surface area contributed by atoms with Crippen molar-refractivity contribution in [3.63, 3.8) is 0 Å². The zero-order valence-electron chi connectivity index (χ0n) is 28.9. The molecule has 0 aliphatic carbocycles. The van der Waals surface area contributed by atoms with Crippen LogP contribution in [-0.2, 0) is 0 Å². The summed E-state index contributed by atoms with van der Waals surface area (Å²) in [4.78, 5) is 4.73. The average Bonchev–Trinajstić information content (AvgIpc) is 3.62. The van der Waals surface area contributed by atoms with E-state index in [2.05, 4.69) is 216 Å². The van der Waals surface area contributed by atoms with Crippen LogP contribution in [0.15, 0.2) is 211 Å². The Bertz CT molecular complexity index is 2860. The smallest absolute Gasteiger partial charge is 0.139 e. The predicted octanol–water partition coefficient (Wildman–Crippen LogP) is 14.5. The average molecular weight is 679 g/mol. The fraction of sp³-hybridized carbons (Fsp3) is 0. The van der Waals surface area contributed by atoms with Crippen LogP contribution >= 0.6 is 0 Å². The molecule has 0 saturated heterocycles. The third kappa shape index (κ3) is 5.38. The fourth-order valence-electron chi connectivity index (χ4n) is 7.79. The Labute approximate surface area is 308 Å². The van der Waals surface area contributed by atoms with Crippen LogP contribution < -0.4 is 9.80 Å². The fourth-order valence-corrected chi connectivity index (χ4v) is 7.79. The van der Waals surface area contributed by atoms with Gasteiger partial charge in [0.2, 0.25) is 0 Å². The highest BCUT2D eigenvalue weighted by Gasteiger charge is 2.25. The quantitative estimate of drug-likeness (QED) is 0.167. The first-order valence-corrected chi connectivity index (χ1v) is 18.0. The summed E-state index contributed by atoms with van der Waals surface area (Å²) in [6, 6.07) is 73.3. The molecule has 0 saturated carbocycles. The Balaban J connectivity index is 1.30. The molecule has 0 N–H and O–H groups in total. The van der Waals surface area contributed by atoms with Gasteiger partial charge in [-0.05, 0) is 87.8 Å². The number of hydrogen-bond acceptors (Lipinski definition) is 3. The van der Waals surface area contributed by atoms with Crippen molar-refractivity contribution in [2.45, 2.75) is 0 Å². The number of fused-ring (bicyclic) bond motifs is 6. The van der Waals surface area contributed by atoms with Crippen LogP contribution in [0, 0.1) is 0 Å². The molecule has 0 fully saturated rings. The zero-order chi connectivity index (χ0) is 35.1. The molecule has 0 aliphatic rings. The Hall–Kier alpha value is -7.10. The standard InChI is InChI=1S/C50H34N2O/c1-4-19-39(20-5-1)51(40-21-6-2-7-22-40)46-33-42(34-48-50(46)49-44-26-13-12-17-36(44)30-31-47(49)53-48)52(41-23-8-3-9-24-41)45-27-15-14-25-43(45)38-29-28-35-16-10-11-18-37(35)32-38/h1-34H. The van der Waals surface area contributed by atoms with Crippen molar-refractivity contribution in [1.82, 2.24) is 0 Å². The largest absolute Gasteiger partial charge is 0.456 e. The van der Waals surface area contributed by atoms with E-state index in [-0.39, 0.29) is 0 Å². The lowest BCUT2D eigenvalue weighted by Crippen LogP contribution is -2.14. The minimum Gasteiger partial charge on any atom is -0.456 e. The lowest BCUT2D eigenvalue weighted by atomic mass is 9.98. The highest BCUT2D eigenvalue weighted by Crippen LogP contribution is 2.49. The molecular weight excluding hydrogens is 645 g/mol. The SMILES string of the molecule is c1ccc(N(c2cc(N(c3ccccc3)c3ccccc3)c3c(c2)oc2ccc4ccccc4c23)c2ccccc2-c2ccc3ccccc3c2)cc1. The topological polar surface area (TPSA) is 19.6 Å². The number of benzene rings is 9. The van der Waals surface area contributed by atoms with Crippen molar-refractivity contribution in [1.29, 1.82) is 0 Å². The first kappa shape index (κ1) is 30.7. The van der Waals surface area contributed by atoms with E-state index >= 15 is 0 Å². The molecule has 3 heteroatoms. The summed E-state index contributed by atoms with van der Waals surface area (Å²) in [5.74, 6) is 0. The lowest BCUT2D eigenvalue weighted by Gasteiger charge is -2.31. The van der Waals surface area contributed by atoms with Crippen LogP contribution in [0.4, 0.5) is 34.1 Å². The van der Waals surface area contributed by atoms with E-state index in [0.717, 1.165) is 67.2 Å². The molecule has 0 radical (unpaired) electrons. The molecule has 9 aromatic carbocycles. The van der Waals surface area contributed by atoms with Gasteiger partial charge < -0.3 is 14.2 Å². The number of furan rings is 1. The molecule has 0 aliphatic heterocycles. The second kappa shape index (κ2) is 12.9. The van der Waals surface area contributed by atoms with Gasteiger partial charge in [0.15, 0.2) is 0 Å². The van der Waals surface area contributed by atoms with Gasteiger partial charge in [-0.2, -0.15) is 0 Å².